The van der Waals surface area contributed by atoms with Crippen LogP contribution in [-0.2, 0) is 13.2 Å². The van der Waals surface area contributed by atoms with E-state index in [0.29, 0.717) is 12.3 Å². The quantitative estimate of drug-likeness (QED) is 0.486. The van der Waals surface area contributed by atoms with Gasteiger partial charge in [-0.15, -0.1) is 0 Å². The second kappa shape index (κ2) is 8.29. The summed E-state index contributed by atoms with van der Waals surface area (Å²) in [7, 11) is 1.65. The van der Waals surface area contributed by atoms with Crippen molar-refractivity contribution in [2.45, 2.75) is 20.1 Å². The number of para-hydroxylation sites is 1. The molecule has 0 spiro atoms. The molecule has 0 saturated carbocycles. The fraction of sp³-hybridized carbons (Fsp3) is 0.167. The first kappa shape index (κ1) is 19.5. The highest BCUT2D eigenvalue weighted by Crippen LogP contribution is 2.24. The first-order valence-corrected chi connectivity index (χ1v) is 9.59. The maximum atomic E-state index is 11.5. The van der Waals surface area contributed by atoms with Gasteiger partial charge in [0.2, 0.25) is 0 Å². The van der Waals surface area contributed by atoms with Crippen LogP contribution in [0, 0.1) is 6.92 Å². The van der Waals surface area contributed by atoms with E-state index < -0.39 is 5.97 Å². The Labute approximate surface area is 174 Å². The number of nitrogens with zero attached hydrogens (tertiary/aromatic N) is 2. The molecule has 0 radical (unpaired) electrons. The Morgan fingerprint density at radius 1 is 1.07 bits per heavy atom. The minimum atomic E-state index is -1.02. The molecule has 0 aliphatic rings. The number of hydrogen-bond acceptors (Lipinski definition) is 4. The van der Waals surface area contributed by atoms with Gasteiger partial charge in [0.15, 0.2) is 0 Å². The lowest BCUT2D eigenvalue weighted by Gasteiger charge is -2.12. The molecule has 152 valence electrons. The summed E-state index contributed by atoms with van der Waals surface area (Å²) in [6, 6.07) is 20.6. The molecule has 30 heavy (non-hydrogen) atoms. The van der Waals surface area contributed by atoms with E-state index in [1.165, 1.54) is 6.07 Å². The van der Waals surface area contributed by atoms with Crippen molar-refractivity contribution in [3.05, 3.63) is 89.2 Å². The molecular weight excluding hydrogens is 380 g/mol. The molecule has 0 unspecified atom stereocenters. The van der Waals surface area contributed by atoms with Crippen molar-refractivity contribution in [2.75, 3.05) is 7.11 Å². The van der Waals surface area contributed by atoms with E-state index >= 15 is 0 Å². The van der Waals surface area contributed by atoms with Crippen LogP contribution in [-0.4, -0.2) is 27.7 Å². The first-order valence-electron chi connectivity index (χ1n) is 9.59. The van der Waals surface area contributed by atoms with E-state index in [9.17, 15) is 9.90 Å². The minimum Gasteiger partial charge on any atom is -0.497 e. The highest BCUT2D eigenvalue weighted by atomic mass is 16.5. The third-order valence-corrected chi connectivity index (χ3v) is 4.93. The average Bonchev–Trinajstić information content (AvgIpc) is 3.08. The number of carbonyl (C=O) groups is 1. The Hall–Kier alpha value is -3.80. The van der Waals surface area contributed by atoms with Gasteiger partial charge in [-0.1, -0.05) is 30.3 Å². The highest BCUT2D eigenvalue weighted by Gasteiger charge is 2.15. The van der Waals surface area contributed by atoms with Crippen molar-refractivity contribution in [1.29, 1.82) is 0 Å². The van der Waals surface area contributed by atoms with Crippen LogP contribution in [0.3, 0.4) is 0 Å². The average molecular weight is 402 g/mol. The van der Waals surface area contributed by atoms with Gasteiger partial charge in [0.25, 0.3) is 0 Å². The normalized spacial score (nSPS) is 10.9. The fourth-order valence-electron chi connectivity index (χ4n) is 3.44. The second-order valence-corrected chi connectivity index (χ2v) is 7.05. The van der Waals surface area contributed by atoms with Gasteiger partial charge >= 0.3 is 5.97 Å². The Kier molecular flexibility index (Phi) is 5.39. The molecule has 1 N–H and O–H groups in total. The molecule has 0 fully saturated rings. The first-order chi connectivity index (χ1) is 14.5. The molecule has 1 heterocycles. The predicted octanol–water partition coefficient (Wildman–Crippen LogP) is 4.68. The van der Waals surface area contributed by atoms with Gasteiger partial charge in [0.05, 0.1) is 18.1 Å². The number of aryl methyl sites for hydroxylation is 1. The lowest BCUT2D eigenvalue weighted by Crippen LogP contribution is -2.10. The van der Waals surface area contributed by atoms with Gasteiger partial charge in [0, 0.05) is 6.54 Å². The number of benzene rings is 3. The molecule has 1 aromatic heterocycles. The molecule has 0 aliphatic carbocycles. The standard InChI is InChI=1S/C24H22N2O4/c1-16-10-11-21-20(12-16)25-23(15-30-22-9-4-3-8-19(22)24(27)28)26(21)14-17-6-5-7-18(13-17)29-2/h3-13H,14-15H2,1-2H3,(H,27,28). The van der Waals surface area contributed by atoms with Crippen molar-refractivity contribution < 1.29 is 19.4 Å². The maximum Gasteiger partial charge on any atom is 0.339 e. The Morgan fingerprint density at radius 2 is 1.90 bits per heavy atom. The Balaban J connectivity index is 1.70. The van der Waals surface area contributed by atoms with E-state index in [1.807, 2.05) is 43.3 Å². The van der Waals surface area contributed by atoms with Crippen molar-refractivity contribution in [1.82, 2.24) is 9.55 Å². The minimum absolute atomic E-state index is 0.129. The topological polar surface area (TPSA) is 73.6 Å². The molecule has 4 aromatic rings. The lowest BCUT2D eigenvalue weighted by atomic mass is 10.2. The number of methoxy groups -OCH3 is 1. The van der Waals surface area contributed by atoms with Crippen molar-refractivity contribution in [2.24, 2.45) is 0 Å². The molecule has 4 rings (SSSR count). The number of hydrogen-bond donors (Lipinski definition) is 1. The lowest BCUT2D eigenvalue weighted by molar-refractivity contribution is 0.0691. The smallest absolute Gasteiger partial charge is 0.339 e. The number of imidazole rings is 1. The van der Waals surface area contributed by atoms with Gasteiger partial charge in [-0.3, -0.25) is 0 Å². The Morgan fingerprint density at radius 3 is 2.70 bits per heavy atom. The van der Waals surface area contributed by atoms with Crippen LogP contribution in [0.4, 0.5) is 0 Å². The van der Waals surface area contributed by atoms with Crippen molar-refractivity contribution in [3.63, 3.8) is 0 Å². The fourth-order valence-corrected chi connectivity index (χ4v) is 3.44. The number of carboxylic acids is 1. The van der Waals surface area contributed by atoms with Crippen LogP contribution < -0.4 is 9.47 Å². The summed E-state index contributed by atoms with van der Waals surface area (Å²) in [5.41, 5.74) is 4.19. The van der Waals surface area contributed by atoms with Crippen LogP contribution >= 0.6 is 0 Å². The summed E-state index contributed by atoms with van der Waals surface area (Å²) in [6.07, 6.45) is 0. The summed E-state index contributed by atoms with van der Waals surface area (Å²) in [4.78, 5) is 16.2. The van der Waals surface area contributed by atoms with Crippen LogP contribution in [0.1, 0.15) is 27.3 Å². The van der Waals surface area contributed by atoms with Gasteiger partial charge in [-0.05, 0) is 54.4 Å². The highest BCUT2D eigenvalue weighted by molar-refractivity contribution is 5.90. The number of ether oxygens (including phenoxy) is 2. The summed E-state index contributed by atoms with van der Waals surface area (Å²) in [5.74, 6) is 0.812. The SMILES string of the molecule is COc1cccc(Cn2c(COc3ccccc3C(=O)O)nc3cc(C)ccc32)c1. The summed E-state index contributed by atoms with van der Waals surface area (Å²) < 4.78 is 13.3. The molecule has 6 nitrogen and oxygen atoms in total. The predicted molar refractivity (Wildman–Crippen MR) is 114 cm³/mol. The zero-order valence-electron chi connectivity index (χ0n) is 16.8. The van der Waals surface area contributed by atoms with E-state index in [1.54, 1.807) is 25.3 Å². The summed E-state index contributed by atoms with van der Waals surface area (Å²) in [6.45, 7) is 2.78. The molecule has 3 aromatic carbocycles. The van der Waals surface area contributed by atoms with Crippen molar-refractivity contribution >= 4 is 17.0 Å². The monoisotopic (exact) mass is 402 g/mol. The largest absolute Gasteiger partial charge is 0.497 e. The zero-order chi connectivity index (χ0) is 21.1. The molecule has 0 amide bonds. The number of aromatic carboxylic acids is 1. The summed E-state index contributed by atoms with van der Waals surface area (Å²) in [5, 5.41) is 9.39. The maximum absolute atomic E-state index is 11.5. The molecule has 0 saturated heterocycles. The van der Waals surface area contributed by atoms with Gasteiger partial charge in [-0.25, -0.2) is 9.78 Å². The molecule has 0 bridgehead atoms. The molecule has 0 atom stereocenters. The number of fused-ring (bicyclic) bond motifs is 1. The van der Waals surface area contributed by atoms with E-state index in [4.69, 9.17) is 14.5 Å². The third-order valence-electron chi connectivity index (χ3n) is 4.93. The van der Waals surface area contributed by atoms with Crippen LogP contribution in [0.2, 0.25) is 0 Å². The van der Waals surface area contributed by atoms with E-state index in [0.717, 1.165) is 33.7 Å². The van der Waals surface area contributed by atoms with Crippen LogP contribution in [0.25, 0.3) is 11.0 Å². The van der Waals surface area contributed by atoms with Gasteiger partial charge in [-0.2, -0.15) is 0 Å². The molecule has 0 aliphatic heterocycles. The van der Waals surface area contributed by atoms with Crippen LogP contribution in [0.5, 0.6) is 11.5 Å². The zero-order valence-corrected chi connectivity index (χ0v) is 16.8. The van der Waals surface area contributed by atoms with Gasteiger partial charge < -0.3 is 19.1 Å². The summed E-state index contributed by atoms with van der Waals surface area (Å²) >= 11 is 0. The number of rotatable bonds is 7. The van der Waals surface area contributed by atoms with Gasteiger partial charge in [0.1, 0.15) is 29.5 Å². The van der Waals surface area contributed by atoms with E-state index in [-0.39, 0.29) is 12.2 Å². The second-order valence-electron chi connectivity index (χ2n) is 7.05. The number of aromatic nitrogens is 2. The molecular formula is C24H22N2O4. The molecule has 6 heteroatoms. The number of carboxylic acid groups (broad SMARTS) is 1. The third kappa shape index (κ3) is 3.98. The Bertz CT molecular complexity index is 1210. The van der Waals surface area contributed by atoms with Crippen molar-refractivity contribution in [3.8, 4) is 11.5 Å². The van der Waals surface area contributed by atoms with E-state index in [2.05, 4.69) is 10.6 Å². The van der Waals surface area contributed by atoms with Crippen LogP contribution in [0.15, 0.2) is 66.7 Å².